The first-order valence-corrected chi connectivity index (χ1v) is 9.42. The molecule has 2 heterocycles. The molecular weight excluding hydrogens is 387 g/mol. The second-order valence-corrected chi connectivity index (χ2v) is 7.66. The molecule has 0 saturated heterocycles. The van der Waals surface area contributed by atoms with Crippen LogP contribution in [0.2, 0.25) is 0 Å². The molecule has 154 valence electrons. The van der Waals surface area contributed by atoms with Crippen molar-refractivity contribution < 1.29 is 18.7 Å². The number of hydrogen-bond acceptors (Lipinski definition) is 6. The van der Waals surface area contributed by atoms with Crippen LogP contribution in [-0.2, 0) is 16.0 Å². The summed E-state index contributed by atoms with van der Waals surface area (Å²) in [5.74, 6) is -0.718. The van der Waals surface area contributed by atoms with Gasteiger partial charge in [0, 0.05) is 36.0 Å². The molecule has 0 radical (unpaired) electrons. The number of ether oxygens (including phenoxy) is 1. The van der Waals surface area contributed by atoms with Gasteiger partial charge >= 0.3 is 5.97 Å². The van der Waals surface area contributed by atoms with Crippen molar-refractivity contribution in [3.05, 3.63) is 59.7 Å². The topological polar surface area (TPSA) is 110 Å². The number of nitrogens with one attached hydrogen (secondary N) is 2. The van der Waals surface area contributed by atoms with Gasteiger partial charge in [-0.1, -0.05) is 6.07 Å². The minimum Gasteiger partial charge on any atom is -0.469 e. The van der Waals surface area contributed by atoms with E-state index in [1.165, 1.54) is 19.2 Å². The lowest BCUT2D eigenvalue weighted by molar-refractivity contribution is -0.151. The number of benzene rings is 1. The molecule has 0 saturated carbocycles. The molecule has 4 rings (SSSR count). The van der Waals surface area contributed by atoms with Gasteiger partial charge in [0.2, 0.25) is 0 Å². The van der Waals surface area contributed by atoms with Gasteiger partial charge in [0.15, 0.2) is 5.78 Å². The largest absolute Gasteiger partial charge is 0.469 e. The smallest absolute Gasteiger partial charge is 0.312 e. The summed E-state index contributed by atoms with van der Waals surface area (Å²) >= 11 is 0. The Balaban J connectivity index is 1.87. The van der Waals surface area contributed by atoms with Crippen LogP contribution in [0, 0.1) is 11.2 Å². The number of hydrogen-bond donors (Lipinski definition) is 3. The van der Waals surface area contributed by atoms with Gasteiger partial charge in [0.25, 0.3) is 0 Å². The van der Waals surface area contributed by atoms with Crippen LogP contribution in [0.3, 0.4) is 0 Å². The summed E-state index contributed by atoms with van der Waals surface area (Å²) in [6, 6.07) is 9.41. The highest BCUT2D eigenvalue weighted by molar-refractivity contribution is 6.09. The van der Waals surface area contributed by atoms with Crippen molar-refractivity contribution in [3.8, 4) is 11.3 Å². The van der Waals surface area contributed by atoms with E-state index in [2.05, 4.69) is 15.3 Å². The van der Waals surface area contributed by atoms with Gasteiger partial charge < -0.3 is 20.8 Å². The van der Waals surface area contributed by atoms with Crippen molar-refractivity contribution in [3.63, 3.8) is 0 Å². The van der Waals surface area contributed by atoms with Crippen LogP contribution < -0.4 is 11.1 Å². The molecule has 2 aromatic heterocycles. The number of carbonyl (C=O) groups excluding carboxylic acids is 2. The van der Waals surface area contributed by atoms with E-state index in [9.17, 15) is 14.0 Å². The van der Waals surface area contributed by atoms with Crippen LogP contribution in [0.4, 0.5) is 21.6 Å². The highest BCUT2D eigenvalue weighted by atomic mass is 19.1. The van der Waals surface area contributed by atoms with Crippen LogP contribution in [0.5, 0.6) is 0 Å². The van der Waals surface area contributed by atoms with E-state index < -0.39 is 17.2 Å². The normalized spacial score (nSPS) is 18.0. The third-order valence-corrected chi connectivity index (χ3v) is 5.32. The molecule has 0 bridgehead atoms. The minimum atomic E-state index is -0.964. The molecule has 1 atom stereocenters. The Morgan fingerprint density at radius 2 is 2.10 bits per heavy atom. The molecule has 0 aliphatic heterocycles. The van der Waals surface area contributed by atoms with E-state index in [-0.39, 0.29) is 12.2 Å². The number of nitrogens with two attached hydrogens (primary N) is 1. The summed E-state index contributed by atoms with van der Waals surface area (Å²) in [6.45, 7) is 1.71. The van der Waals surface area contributed by atoms with Gasteiger partial charge in [-0.2, -0.15) is 0 Å². The number of esters is 1. The maximum Gasteiger partial charge on any atom is 0.312 e. The molecule has 0 fully saturated rings. The van der Waals surface area contributed by atoms with Crippen molar-refractivity contribution in [1.82, 2.24) is 9.97 Å². The summed E-state index contributed by atoms with van der Waals surface area (Å²) in [6.07, 6.45) is 1.89. The molecule has 30 heavy (non-hydrogen) atoms. The fourth-order valence-corrected chi connectivity index (χ4v) is 3.93. The zero-order chi connectivity index (χ0) is 21.5. The van der Waals surface area contributed by atoms with Crippen molar-refractivity contribution >= 4 is 28.9 Å². The number of aromatic nitrogens is 2. The van der Waals surface area contributed by atoms with Gasteiger partial charge in [-0.15, -0.1) is 0 Å². The average molecular weight is 408 g/mol. The monoisotopic (exact) mass is 408 g/mol. The number of carbonyl (C=O) groups is 2. The van der Waals surface area contributed by atoms with Gasteiger partial charge in [0.05, 0.1) is 29.5 Å². The van der Waals surface area contributed by atoms with Crippen molar-refractivity contribution in [2.24, 2.45) is 5.41 Å². The number of fused-ring (bicyclic) bond motifs is 1. The molecule has 3 aromatic rings. The Kier molecular flexibility index (Phi) is 4.77. The van der Waals surface area contributed by atoms with Gasteiger partial charge in [0.1, 0.15) is 11.6 Å². The average Bonchev–Trinajstić information content (AvgIpc) is 3.05. The molecule has 4 N–H and O–H groups in total. The van der Waals surface area contributed by atoms with E-state index in [1.807, 2.05) is 0 Å². The van der Waals surface area contributed by atoms with Gasteiger partial charge in [-0.25, -0.2) is 9.37 Å². The predicted molar refractivity (Wildman–Crippen MR) is 111 cm³/mol. The van der Waals surface area contributed by atoms with Crippen molar-refractivity contribution in [2.45, 2.75) is 19.8 Å². The second kappa shape index (κ2) is 7.29. The molecule has 0 amide bonds. The predicted octanol–water partition coefficient (Wildman–Crippen LogP) is 3.85. The molecule has 0 unspecified atom stereocenters. The minimum absolute atomic E-state index is 0.0142. The maximum atomic E-state index is 13.7. The zero-order valence-electron chi connectivity index (χ0n) is 16.6. The lowest BCUT2D eigenvalue weighted by atomic mass is 9.74. The van der Waals surface area contributed by atoms with E-state index in [4.69, 9.17) is 10.5 Å². The van der Waals surface area contributed by atoms with E-state index >= 15 is 0 Å². The number of aromatic amines is 1. The number of pyridine rings is 1. The van der Waals surface area contributed by atoms with E-state index in [1.54, 1.807) is 37.4 Å². The Morgan fingerprint density at radius 1 is 1.30 bits per heavy atom. The van der Waals surface area contributed by atoms with Crippen molar-refractivity contribution in [1.29, 1.82) is 0 Å². The van der Waals surface area contributed by atoms with Crippen molar-refractivity contribution in [2.75, 3.05) is 18.2 Å². The lowest BCUT2D eigenvalue weighted by Crippen LogP contribution is -2.37. The molecule has 7 nitrogen and oxygen atoms in total. The third kappa shape index (κ3) is 3.41. The summed E-state index contributed by atoms with van der Waals surface area (Å²) in [5.41, 5.74) is 8.28. The summed E-state index contributed by atoms with van der Waals surface area (Å²) in [4.78, 5) is 32.7. The first-order chi connectivity index (χ1) is 14.3. The second-order valence-electron chi connectivity index (χ2n) is 7.66. The highest BCUT2D eigenvalue weighted by Crippen LogP contribution is 2.44. The van der Waals surface area contributed by atoms with E-state index in [0.717, 1.165) is 0 Å². The lowest BCUT2D eigenvalue weighted by Gasteiger charge is -2.29. The number of methoxy groups -OCH3 is 1. The Hall–Kier alpha value is -3.68. The van der Waals surface area contributed by atoms with Crippen LogP contribution in [-0.4, -0.2) is 28.8 Å². The zero-order valence-corrected chi connectivity index (χ0v) is 16.6. The summed E-state index contributed by atoms with van der Waals surface area (Å²) in [5, 5.41) is 3.17. The van der Waals surface area contributed by atoms with Crippen LogP contribution in [0.1, 0.15) is 29.4 Å². The molecule has 8 heteroatoms. The molecular formula is C22H21FN4O3. The van der Waals surface area contributed by atoms with Crippen LogP contribution >= 0.6 is 0 Å². The first kappa shape index (κ1) is 19.6. The summed E-state index contributed by atoms with van der Waals surface area (Å²) < 4.78 is 18.6. The fourth-order valence-electron chi connectivity index (χ4n) is 3.93. The standard InChI is InChI=1S/C22H21FN4O3/c1-22(21(29)30-2)10-15-18(16(28)11-22)20(26-14-5-3-4-13(23)9-14)19(27-15)12-6-7-25-17(24)8-12/h3-9,26-27H,10-11H2,1-2H3,(H2,24,25)/t22-/m1/s1. The Labute approximate surface area is 172 Å². The Morgan fingerprint density at radius 3 is 2.80 bits per heavy atom. The number of Topliss-reactive ketones (excluding diaryl/α,β-unsaturated/α-hetero) is 1. The van der Waals surface area contributed by atoms with Crippen LogP contribution in [0.25, 0.3) is 11.3 Å². The molecule has 1 aliphatic rings. The quantitative estimate of drug-likeness (QED) is 0.566. The number of H-pyrrole nitrogens is 1. The Bertz CT molecular complexity index is 1160. The number of ketones is 1. The third-order valence-electron chi connectivity index (χ3n) is 5.32. The maximum absolute atomic E-state index is 13.7. The number of nitrogen functional groups attached to an aromatic ring is 1. The SMILES string of the molecule is COC(=O)[C@@]1(C)CC(=O)c2c([nH]c(-c3ccnc(N)c3)c2Nc2cccc(F)c2)C1. The first-order valence-electron chi connectivity index (χ1n) is 9.42. The highest BCUT2D eigenvalue weighted by Gasteiger charge is 2.44. The van der Waals surface area contributed by atoms with E-state index in [0.29, 0.717) is 46.1 Å². The number of rotatable bonds is 4. The number of halogens is 1. The molecule has 1 aromatic carbocycles. The van der Waals surface area contributed by atoms with Crippen LogP contribution in [0.15, 0.2) is 42.6 Å². The number of anilines is 3. The summed E-state index contributed by atoms with van der Waals surface area (Å²) in [7, 11) is 1.31. The molecule has 1 aliphatic carbocycles. The number of nitrogens with zero attached hydrogens (tertiary/aromatic N) is 1. The van der Waals surface area contributed by atoms with Gasteiger partial charge in [-0.05, 0) is 37.3 Å². The molecule has 0 spiro atoms. The fraction of sp³-hybridized carbons (Fsp3) is 0.227. The van der Waals surface area contributed by atoms with Gasteiger partial charge in [-0.3, -0.25) is 9.59 Å².